The van der Waals surface area contributed by atoms with Crippen molar-refractivity contribution in [3.63, 3.8) is 0 Å². The van der Waals surface area contributed by atoms with Gasteiger partial charge in [0.05, 0.1) is 11.8 Å². The lowest BCUT2D eigenvalue weighted by molar-refractivity contribution is 0.0838. The molecule has 78 valence electrons. The fourth-order valence-corrected chi connectivity index (χ4v) is 2.59. The third kappa shape index (κ3) is 1.97. The number of methoxy groups -OCH3 is 1. The number of nitrogens with zero attached hydrogens (tertiary/aromatic N) is 1. The minimum atomic E-state index is -0.475. The van der Waals surface area contributed by atoms with Crippen molar-refractivity contribution in [3.05, 3.63) is 16.1 Å². The normalized spacial score (nSPS) is 20.8. The fourth-order valence-electron chi connectivity index (χ4n) is 1.52. The van der Waals surface area contributed by atoms with E-state index < -0.39 is 6.10 Å². The van der Waals surface area contributed by atoms with E-state index >= 15 is 0 Å². The molecule has 14 heavy (non-hydrogen) atoms. The van der Waals surface area contributed by atoms with Crippen LogP contribution in [0.5, 0.6) is 0 Å². The number of ether oxygens (including phenoxy) is 1. The van der Waals surface area contributed by atoms with Gasteiger partial charge in [-0.3, -0.25) is 0 Å². The van der Waals surface area contributed by atoms with Crippen molar-refractivity contribution in [1.82, 2.24) is 4.98 Å². The fraction of sp³-hybridized carbons (Fsp3) is 0.700. The van der Waals surface area contributed by atoms with E-state index in [1.807, 2.05) is 5.38 Å². The van der Waals surface area contributed by atoms with Crippen LogP contribution in [0.4, 0.5) is 0 Å². The molecule has 1 aliphatic carbocycles. The van der Waals surface area contributed by atoms with Gasteiger partial charge in [0.25, 0.3) is 0 Å². The Morgan fingerprint density at radius 2 is 2.36 bits per heavy atom. The molecule has 3 nitrogen and oxygen atoms in total. The first kappa shape index (κ1) is 10.1. The SMILES string of the molecule is COC(c1nc(C(C)O)cs1)C1CC1. The topological polar surface area (TPSA) is 42.4 Å². The Labute approximate surface area is 87.7 Å². The molecule has 0 amide bonds. The molecule has 1 N–H and O–H groups in total. The van der Waals surface area contributed by atoms with Crippen LogP contribution < -0.4 is 0 Å². The van der Waals surface area contributed by atoms with Crippen LogP contribution in [0.1, 0.15) is 42.7 Å². The summed E-state index contributed by atoms with van der Waals surface area (Å²) in [7, 11) is 1.73. The van der Waals surface area contributed by atoms with Crippen LogP contribution in [-0.2, 0) is 4.74 Å². The zero-order valence-corrected chi connectivity index (χ0v) is 9.25. The molecule has 0 aliphatic heterocycles. The molecule has 0 radical (unpaired) electrons. The zero-order valence-electron chi connectivity index (χ0n) is 8.43. The highest BCUT2D eigenvalue weighted by atomic mass is 32.1. The van der Waals surface area contributed by atoms with E-state index in [2.05, 4.69) is 4.98 Å². The van der Waals surface area contributed by atoms with Crippen molar-refractivity contribution in [3.8, 4) is 0 Å². The second kappa shape index (κ2) is 3.96. The van der Waals surface area contributed by atoms with Gasteiger partial charge in [-0.05, 0) is 25.7 Å². The maximum Gasteiger partial charge on any atom is 0.122 e. The Bertz CT molecular complexity index is 307. The summed E-state index contributed by atoms with van der Waals surface area (Å²) >= 11 is 1.58. The van der Waals surface area contributed by atoms with Gasteiger partial charge in [0.15, 0.2) is 0 Å². The maximum atomic E-state index is 9.35. The summed E-state index contributed by atoms with van der Waals surface area (Å²) in [4.78, 5) is 4.39. The summed E-state index contributed by atoms with van der Waals surface area (Å²) in [6.07, 6.45) is 2.15. The average Bonchev–Trinajstić information content (AvgIpc) is 2.84. The van der Waals surface area contributed by atoms with Crippen LogP contribution in [0.3, 0.4) is 0 Å². The molecule has 1 aromatic rings. The van der Waals surface area contributed by atoms with Crippen molar-refractivity contribution in [1.29, 1.82) is 0 Å². The summed E-state index contributed by atoms with van der Waals surface area (Å²) < 4.78 is 5.42. The monoisotopic (exact) mass is 213 g/mol. The number of hydrogen-bond donors (Lipinski definition) is 1. The maximum absolute atomic E-state index is 9.35. The molecule has 2 unspecified atom stereocenters. The minimum absolute atomic E-state index is 0.146. The lowest BCUT2D eigenvalue weighted by Gasteiger charge is -2.10. The van der Waals surface area contributed by atoms with E-state index in [9.17, 15) is 5.11 Å². The predicted octanol–water partition coefficient (Wildman–Crippen LogP) is 2.29. The molecule has 0 spiro atoms. The smallest absolute Gasteiger partial charge is 0.122 e. The molecular formula is C10H15NO2S. The van der Waals surface area contributed by atoms with Crippen LogP contribution in [-0.4, -0.2) is 17.2 Å². The number of aromatic nitrogens is 1. The second-order valence-corrected chi connectivity index (χ2v) is 4.67. The van der Waals surface area contributed by atoms with Gasteiger partial charge in [-0.2, -0.15) is 0 Å². The highest BCUT2D eigenvalue weighted by Gasteiger charge is 2.34. The van der Waals surface area contributed by atoms with Crippen LogP contribution >= 0.6 is 11.3 Å². The van der Waals surface area contributed by atoms with Gasteiger partial charge in [-0.1, -0.05) is 0 Å². The standard InChI is InChI=1S/C10H15NO2S/c1-6(12)8-5-14-10(11-8)9(13-2)7-3-4-7/h5-7,9,12H,3-4H2,1-2H3. The first-order valence-corrected chi connectivity index (χ1v) is 5.76. The quantitative estimate of drug-likeness (QED) is 0.834. The number of aliphatic hydroxyl groups excluding tert-OH is 1. The summed E-state index contributed by atoms with van der Waals surface area (Å²) in [5.74, 6) is 0.646. The van der Waals surface area contributed by atoms with Gasteiger partial charge in [-0.15, -0.1) is 11.3 Å². The lowest BCUT2D eigenvalue weighted by Crippen LogP contribution is -2.03. The lowest BCUT2D eigenvalue weighted by atomic mass is 10.2. The Morgan fingerprint density at radius 3 is 2.79 bits per heavy atom. The largest absolute Gasteiger partial charge is 0.387 e. The van der Waals surface area contributed by atoms with Crippen molar-refractivity contribution < 1.29 is 9.84 Å². The van der Waals surface area contributed by atoms with Gasteiger partial charge in [-0.25, -0.2) is 4.98 Å². The molecule has 1 saturated carbocycles. The minimum Gasteiger partial charge on any atom is -0.387 e. The highest BCUT2D eigenvalue weighted by molar-refractivity contribution is 7.09. The van der Waals surface area contributed by atoms with Gasteiger partial charge in [0, 0.05) is 12.5 Å². The first-order chi connectivity index (χ1) is 6.72. The van der Waals surface area contributed by atoms with E-state index in [1.165, 1.54) is 12.8 Å². The molecule has 2 rings (SSSR count). The van der Waals surface area contributed by atoms with Crippen LogP contribution in [0, 0.1) is 5.92 Å². The van der Waals surface area contributed by atoms with E-state index in [1.54, 1.807) is 25.4 Å². The van der Waals surface area contributed by atoms with E-state index in [0.717, 1.165) is 10.7 Å². The van der Waals surface area contributed by atoms with Gasteiger partial charge >= 0.3 is 0 Å². The van der Waals surface area contributed by atoms with Crippen LogP contribution in [0.15, 0.2) is 5.38 Å². The molecule has 0 bridgehead atoms. The molecule has 2 atom stereocenters. The van der Waals surface area contributed by atoms with Crippen molar-refractivity contribution in [2.24, 2.45) is 5.92 Å². The first-order valence-electron chi connectivity index (χ1n) is 4.88. The zero-order chi connectivity index (χ0) is 10.1. The number of rotatable bonds is 4. The van der Waals surface area contributed by atoms with Crippen LogP contribution in [0.2, 0.25) is 0 Å². The van der Waals surface area contributed by atoms with Gasteiger partial charge < -0.3 is 9.84 Å². The summed E-state index contributed by atoms with van der Waals surface area (Å²) in [5.41, 5.74) is 0.757. The molecule has 0 aromatic carbocycles. The number of hydrogen-bond acceptors (Lipinski definition) is 4. The predicted molar refractivity (Wildman–Crippen MR) is 55.2 cm³/mol. The summed E-state index contributed by atoms with van der Waals surface area (Å²) in [6.45, 7) is 1.73. The molecular weight excluding hydrogens is 198 g/mol. The summed E-state index contributed by atoms with van der Waals surface area (Å²) in [6, 6.07) is 0. The Kier molecular flexibility index (Phi) is 2.85. The third-order valence-electron chi connectivity index (χ3n) is 2.52. The number of aliphatic hydroxyl groups is 1. The Hall–Kier alpha value is -0.450. The second-order valence-electron chi connectivity index (χ2n) is 3.78. The molecule has 1 aliphatic rings. The van der Waals surface area contributed by atoms with E-state index in [0.29, 0.717) is 5.92 Å². The molecule has 4 heteroatoms. The highest BCUT2D eigenvalue weighted by Crippen LogP contribution is 2.43. The Morgan fingerprint density at radius 1 is 1.64 bits per heavy atom. The van der Waals surface area contributed by atoms with Crippen molar-refractivity contribution in [2.75, 3.05) is 7.11 Å². The number of thiazole rings is 1. The Balaban J connectivity index is 2.13. The average molecular weight is 213 g/mol. The summed E-state index contributed by atoms with van der Waals surface area (Å²) in [5, 5.41) is 12.3. The molecule has 1 aromatic heterocycles. The van der Waals surface area contributed by atoms with E-state index in [4.69, 9.17) is 4.74 Å². The van der Waals surface area contributed by atoms with Gasteiger partial charge in [0.1, 0.15) is 11.1 Å². The van der Waals surface area contributed by atoms with E-state index in [-0.39, 0.29) is 6.10 Å². The molecule has 0 saturated heterocycles. The van der Waals surface area contributed by atoms with Gasteiger partial charge in [0.2, 0.25) is 0 Å². The van der Waals surface area contributed by atoms with Crippen LogP contribution in [0.25, 0.3) is 0 Å². The van der Waals surface area contributed by atoms with Crippen molar-refractivity contribution >= 4 is 11.3 Å². The third-order valence-corrected chi connectivity index (χ3v) is 3.44. The molecule has 1 fully saturated rings. The molecule has 1 heterocycles. The van der Waals surface area contributed by atoms with Crippen molar-refractivity contribution in [2.45, 2.75) is 32.0 Å².